The highest BCUT2D eigenvalue weighted by atomic mass is 16.4. The molecule has 2 aromatic carbocycles. The van der Waals surface area contributed by atoms with Crippen molar-refractivity contribution in [3.05, 3.63) is 65.6 Å². The van der Waals surface area contributed by atoms with Gasteiger partial charge in [0.1, 0.15) is 18.4 Å². The van der Waals surface area contributed by atoms with E-state index in [0.29, 0.717) is 11.4 Å². The van der Waals surface area contributed by atoms with Gasteiger partial charge < -0.3 is 14.7 Å². The molecule has 0 saturated carbocycles. The zero-order chi connectivity index (χ0) is 19.0. The summed E-state index contributed by atoms with van der Waals surface area (Å²) in [7, 11) is 0. The summed E-state index contributed by atoms with van der Waals surface area (Å²) in [5, 5.41) is 19.7. The van der Waals surface area contributed by atoms with Crippen LogP contribution >= 0.6 is 0 Å². The fraction of sp³-hybridized carbons (Fsp3) is 0.0952. The molecule has 0 saturated heterocycles. The number of hydrogen-bond donors (Lipinski definition) is 2. The Kier molecular flexibility index (Phi) is 3.98. The van der Waals surface area contributed by atoms with E-state index in [4.69, 9.17) is 5.11 Å². The SMILES string of the molecule is Cc1ccc2nc(/C(C#N)=C\c3cn(CC(=O)O)c4ccccc34)[nH]c2c1. The number of aryl methyl sites for hydroxylation is 1. The van der Waals surface area contributed by atoms with Crippen molar-refractivity contribution in [3.8, 4) is 6.07 Å². The number of nitrogens with one attached hydrogen (secondary N) is 1. The Bertz CT molecular complexity index is 1250. The van der Waals surface area contributed by atoms with Crippen LogP contribution in [0.5, 0.6) is 0 Å². The van der Waals surface area contributed by atoms with Gasteiger partial charge in [-0.25, -0.2) is 4.98 Å². The number of aromatic amines is 1. The number of imidazole rings is 1. The first-order chi connectivity index (χ1) is 13.0. The van der Waals surface area contributed by atoms with Crippen LogP contribution in [0, 0.1) is 18.3 Å². The summed E-state index contributed by atoms with van der Waals surface area (Å²) in [6.45, 7) is 1.86. The summed E-state index contributed by atoms with van der Waals surface area (Å²) < 4.78 is 1.67. The van der Waals surface area contributed by atoms with Crippen molar-refractivity contribution in [2.24, 2.45) is 0 Å². The number of rotatable bonds is 4. The summed E-state index contributed by atoms with van der Waals surface area (Å²) >= 11 is 0. The van der Waals surface area contributed by atoms with Crippen LogP contribution in [0.15, 0.2) is 48.7 Å². The molecule has 4 aromatic rings. The van der Waals surface area contributed by atoms with Crippen molar-refractivity contribution in [1.82, 2.24) is 14.5 Å². The maximum absolute atomic E-state index is 11.1. The molecule has 2 N–H and O–H groups in total. The number of aliphatic carboxylic acids is 1. The molecule has 0 amide bonds. The molecule has 2 heterocycles. The first kappa shape index (κ1) is 16.6. The highest BCUT2D eigenvalue weighted by Crippen LogP contribution is 2.26. The Morgan fingerprint density at radius 3 is 2.93 bits per heavy atom. The van der Waals surface area contributed by atoms with Gasteiger partial charge in [0.05, 0.1) is 16.6 Å². The number of hydrogen-bond acceptors (Lipinski definition) is 3. The third-order valence-corrected chi connectivity index (χ3v) is 4.44. The van der Waals surface area contributed by atoms with Crippen LogP contribution in [0.4, 0.5) is 0 Å². The molecule has 0 aliphatic heterocycles. The van der Waals surface area contributed by atoms with Crippen LogP contribution in [0.3, 0.4) is 0 Å². The van der Waals surface area contributed by atoms with E-state index in [0.717, 1.165) is 33.1 Å². The molecule has 0 aliphatic rings. The maximum atomic E-state index is 11.1. The van der Waals surface area contributed by atoms with Gasteiger partial charge in [0.15, 0.2) is 0 Å². The van der Waals surface area contributed by atoms with Crippen LogP contribution in [-0.2, 0) is 11.3 Å². The number of nitriles is 1. The standard InChI is InChI=1S/C21H16N4O2/c1-13-6-7-17-18(8-13)24-21(23-17)14(10-22)9-15-11-25(12-20(26)27)19-5-3-2-4-16(15)19/h2-9,11H,12H2,1H3,(H,23,24)(H,26,27)/b14-9-. The van der Waals surface area contributed by atoms with Crippen molar-refractivity contribution in [2.75, 3.05) is 0 Å². The van der Waals surface area contributed by atoms with E-state index in [9.17, 15) is 10.1 Å². The predicted molar refractivity (Wildman–Crippen MR) is 104 cm³/mol. The minimum Gasteiger partial charge on any atom is -0.480 e. The van der Waals surface area contributed by atoms with Crippen molar-refractivity contribution >= 4 is 39.6 Å². The van der Waals surface area contributed by atoms with Gasteiger partial charge in [-0.2, -0.15) is 5.26 Å². The monoisotopic (exact) mass is 356 g/mol. The van der Waals surface area contributed by atoms with Crippen molar-refractivity contribution < 1.29 is 9.90 Å². The number of carboxylic acid groups (broad SMARTS) is 1. The van der Waals surface area contributed by atoms with Crippen LogP contribution in [0.25, 0.3) is 33.6 Å². The van der Waals surface area contributed by atoms with E-state index in [1.54, 1.807) is 16.8 Å². The van der Waals surface area contributed by atoms with Crippen LogP contribution in [0.1, 0.15) is 17.0 Å². The van der Waals surface area contributed by atoms with Crippen LogP contribution in [-0.4, -0.2) is 25.6 Å². The smallest absolute Gasteiger partial charge is 0.323 e. The van der Waals surface area contributed by atoms with E-state index in [-0.39, 0.29) is 6.54 Å². The number of fused-ring (bicyclic) bond motifs is 2. The third-order valence-electron chi connectivity index (χ3n) is 4.44. The van der Waals surface area contributed by atoms with Crippen molar-refractivity contribution in [1.29, 1.82) is 5.26 Å². The molecule has 2 aromatic heterocycles. The normalized spacial score (nSPS) is 11.8. The lowest BCUT2D eigenvalue weighted by Gasteiger charge is -1.99. The van der Waals surface area contributed by atoms with E-state index < -0.39 is 5.97 Å². The maximum Gasteiger partial charge on any atom is 0.323 e. The van der Waals surface area contributed by atoms with E-state index >= 15 is 0 Å². The van der Waals surface area contributed by atoms with Gasteiger partial charge in [-0.3, -0.25) is 4.79 Å². The molecule has 0 radical (unpaired) electrons. The number of carboxylic acids is 1. The predicted octanol–water partition coefficient (Wildman–Crippen LogP) is 3.97. The topological polar surface area (TPSA) is 94.7 Å². The number of nitrogens with zero attached hydrogens (tertiary/aromatic N) is 3. The molecule has 0 unspecified atom stereocenters. The first-order valence-corrected chi connectivity index (χ1v) is 8.43. The average Bonchev–Trinajstić information content (AvgIpc) is 3.20. The molecule has 6 heteroatoms. The molecule has 0 aliphatic carbocycles. The minimum atomic E-state index is -0.917. The van der Waals surface area contributed by atoms with Crippen LogP contribution in [0.2, 0.25) is 0 Å². The third kappa shape index (κ3) is 3.07. The fourth-order valence-corrected chi connectivity index (χ4v) is 3.23. The summed E-state index contributed by atoms with van der Waals surface area (Å²) in [6.07, 6.45) is 3.49. The van der Waals surface area contributed by atoms with Gasteiger partial charge in [0.25, 0.3) is 0 Å². The summed E-state index contributed by atoms with van der Waals surface area (Å²) in [6, 6.07) is 15.6. The number of H-pyrrole nitrogens is 1. The van der Waals surface area contributed by atoms with E-state index in [1.807, 2.05) is 49.4 Å². The van der Waals surface area contributed by atoms with Gasteiger partial charge in [0, 0.05) is 22.7 Å². The molecule has 0 fully saturated rings. The number of aromatic nitrogens is 3. The van der Waals surface area contributed by atoms with Gasteiger partial charge in [-0.15, -0.1) is 0 Å². The first-order valence-electron chi connectivity index (χ1n) is 8.43. The fourth-order valence-electron chi connectivity index (χ4n) is 3.23. The highest BCUT2D eigenvalue weighted by molar-refractivity contribution is 5.98. The molecule has 6 nitrogen and oxygen atoms in total. The number of para-hydroxylation sites is 1. The molecule has 132 valence electrons. The zero-order valence-electron chi connectivity index (χ0n) is 14.6. The number of allylic oxidation sites excluding steroid dienone is 1. The summed E-state index contributed by atoms with van der Waals surface area (Å²) in [4.78, 5) is 18.8. The van der Waals surface area contributed by atoms with Gasteiger partial charge in [-0.05, 0) is 36.8 Å². The lowest BCUT2D eigenvalue weighted by atomic mass is 10.1. The van der Waals surface area contributed by atoms with Gasteiger partial charge in [0.2, 0.25) is 0 Å². The quantitative estimate of drug-likeness (QED) is 0.541. The Morgan fingerprint density at radius 2 is 2.15 bits per heavy atom. The van der Waals surface area contributed by atoms with Gasteiger partial charge in [-0.1, -0.05) is 24.3 Å². The second-order valence-electron chi connectivity index (χ2n) is 6.40. The van der Waals surface area contributed by atoms with Crippen molar-refractivity contribution in [2.45, 2.75) is 13.5 Å². The average molecular weight is 356 g/mol. The largest absolute Gasteiger partial charge is 0.480 e. The molecule has 27 heavy (non-hydrogen) atoms. The summed E-state index contributed by atoms with van der Waals surface area (Å²) in [5.41, 5.74) is 4.76. The Hall–Kier alpha value is -3.85. The van der Waals surface area contributed by atoms with E-state index in [1.165, 1.54) is 0 Å². The van der Waals surface area contributed by atoms with Gasteiger partial charge >= 0.3 is 5.97 Å². The number of carbonyl (C=O) groups is 1. The zero-order valence-corrected chi connectivity index (χ0v) is 14.6. The lowest BCUT2D eigenvalue weighted by molar-refractivity contribution is -0.137. The van der Waals surface area contributed by atoms with Crippen molar-refractivity contribution in [3.63, 3.8) is 0 Å². The van der Waals surface area contributed by atoms with Crippen LogP contribution < -0.4 is 0 Å². The summed E-state index contributed by atoms with van der Waals surface area (Å²) in [5.74, 6) is -0.424. The lowest BCUT2D eigenvalue weighted by Crippen LogP contribution is -2.07. The molecule has 0 spiro atoms. The molecular weight excluding hydrogens is 340 g/mol. The molecular formula is C21H16N4O2. The molecule has 4 rings (SSSR count). The molecule has 0 bridgehead atoms. The second kappa shape index (κ2) is 6.46. The van der Waals surface area contributed by atoms with E-state index in [2.05, 4.69) is 16.0 Å². The molecule has 0 atom stereocenters. The number of benzene rings is 2. The minimum absolute atomic E-state index is 0.139. The highest BCUT2D eigenvalue weighted by Gasteiger charge is 2.12. The Labute approximate surface area is 155 Å². The Morgan fingerprint density at radius 1 is 1.33 bits per heavy atom. The Balaban J connectivity index is 1.85. The second-order valence-corrected chi connectivity index (χ2v) is 6.40.